The SMILES string of the molecule is CC[C@H](OP(=O)(O)OP(=O)(O)OP(=O)(O)O)[C@H]1O[C@@H](n2ccc(N)nc2=O)C(F)(F)[C@@H]1O. The molecule has 184 valence electrons. The van der Waals surface area contributed by atoms with Crippen molar-refractivity contribution in [2.24, 2.45) is 0 Å². The molecule has 1 fully saturated rings. The van der Waals surface area contributed by atoms with E-state index >= 15 is 0 Å². The van der Waals surface area contributed by atoms with Crippen LogP contribution in [0.25, 0.3) is 0 Å². The minimum absolute atomic E-state index is 0.288. The predicted molar refractivity (Wildman–Crippen MR) is 96.8 cm³/mol. The van der Waals surface area contributed by atoms with E-state index in [0.717, 1.165) is 12.3 Å². The molecule has 1 aromatic rings. The second kappa shape index (κ2) is 9.25. The van der Waals surface area contributed by atoms with Crippen molar-refractivity contribution in [2.45, 2.75) is 43.8 Å². The van der Waals surface area contributed by atoms with Gasteiger partial charge in [0.05, 0.1) is 6.10 Å². The van der Waals surface area contributed by atoms with Crippen LogP contribution in [0.15, 0.2) is 17.1 Å². The molecule has 32 heavy (non-hydrogen) atoms. The van der Waals surface area contributed by atoms with E-state index in [2.05, 4.69) is 18.1 Å². The molecule has 0 aliphatic carbocycles. The Labute approximate surface area is 177 Å². The number of alkyl halides is 2. The van der Waals surface area contributed by atoms with Crippen LogP contribution in [0.1, 0.15) is 19.6 Å². The molecule has 0 radical (unpaired) electrons. The Hall–Kier alpha value is -1.13. The number of hydrogen-bond donors (Lipinski definition) is 6. The molecule has 2 heterocycles. The average Bonchev–Trinajstić information content (AvgIpc) is 2.80. The minimum atomic E-state index is -5.86. The summed E-state index contributed by atoms with van der Waals surface area (Å²) in [6, 6.07) is 0.990. The van der Waals surface area contributed by atoms with Crippen LogP contribution < -0.4 is 11.4 Å². The quantitative estimate of drug-likeness (QED) is 0.227. The molecule has 0 amide bonds. The maximum absolute atomic E-state index is 14.6. The number of aliphatic hydroxyl groups is 1. The Kier molecular flexibility index (Phi) is 7.84. The van der Waals surface area contributed by atoms with Crippen LogP contribution in [0, 0.1) is 0 Å². The number of anilines is 1. The van der Waals surface area contributed by atoms with E-state index in [4.69, 9.17) is 25.2 Å². The standard InChI is InChI=1S/C11H18F2N3O13P3/c1-2-5(27-31(22,23)29-32(24,25)28-30(19,20)21)7-8(17)11(12,13)9(26-7)16-4-3-6(14)15-10(16)18/h3-5,7-9,17H,2H2,1H3,(H,22,23)(H,24,25)(H2,14,15,18)(H2,19,20,21)/t5-,7+,8+,9+/m0/s1. The summed E-state index contributed by atoms with van der Waals surface area (Å²) in [5.41, 5.74) is 4.02. The lowest BCUT2D eigenvalue weighted by Gasteiger charge is -2.26. The van der Waals surface area contributed by atoms with Crippen LogP contribution in [0.4, 0.5) is 14.6 Å². The van der Waals surface area contributed by atoms with Crippen molar-refractivity contribution in [3.05, 3.63) is 22.7 Å². The second-order valence-electron chi connectivity index (χ2n) is 6.26. The maximum atomic E-state index is 14.6. The number of aromatic nitrogens is 2. The largest absolute Gasteiger partial charge is 0.490 e. The Bertz CT molecular complexity index is 1050. The fourth-order valence-electron chi connectivity index (χ4n) is 2.66. The first kappa shape index (κ1) is 27.1. The molecule has 2 unspecified atom stereocenters. The molecule has 2 rings (SSSR count). The number of rotatable bonds is 9. The minimum Gasteiger partial charge on any atom is -0.384 e. The number of nitrogen functional groups attached to an aromatic ring is 1. The van der Waals surface area contributed by atoms with Gasteiger partial charge in [-0.25, -0.2) is 18.5 Å². The first-order valence-electron chi connectivity index (χ1n) is 8.27. The number of hydrogen-bond acceptors (Lipinski definition) is 11. The van der Waals surface area contributed by atoms with Crippen molar-refractivity contribution in [1.29, 1.82) is 0 Å². The van der Waals surface area contributed by atoms with Gasteiger partial charge in [0.15, 0.2) is 6.10 Å². The highest BCUT2D eigenvalue weighted by Crippen LogP contribution is 2.67. The summed E-state index contributed by atoms with van der Waals surface area (Å²) in [4.78, 5) is 50.9. The van der Waals surface area contributed by atoms with Crippen molar-refractivity contribution in [2.75, 3.05) is 5.73 Å². The number of nitrogens with two attached hydrogens (primary N) is 1. The van der Waals surface area contributed by atoms with Gasteiger partial charge in [0.25, 0.3) is 0 Å². The third kappa shape index (κ3) is 6.47. The molecular weight excluding hydrogens is 513 g/mol. The normalized spacial score (nSPS) is 28.1. The van der Waals surface area contributed by atoms with E-state index in [9.17, 15) is 37.3 Å². The van der Waals surface area contributed by atoms with Crippen LogP contribution >= 0.6 is 23.5 Å². The molecule has 1 aliphatic heterocycles. The molecule has 0 spiro atoms. The third-order valence-corrected chi connectivity index (χ3v) is 7.74. The molecule has 16 nitrogen and oxygen atoms in total. The van der Waals surface area contributed by atoms with E-state index in [1.807, 2.05) is 0 Å². The molecule has 0 aromatic carbocycles. The summed E-state index contributed by atoms with van der Waals surface area (Å²) in [7, 11) is -17.2. The van der Waals surface area contributed by atoms with Crippen molar-refractivity contribution in [3.63, 3.8) is 0 Å². The van der Waals surface area contributed by atoms with Gasteiger partial charge in [-0.1, -0.05) is 6.92 Å². The smallest absolute Gasteiger partial charge is 0.384 e. The Morgan fingerprint density at radius 2 is 1.84 bits per heavy atom. The van der Waals surface area contributed by atoms with Crippen LogP contribution in [0.5, 0.6) is 0 Å². The summed E-state index contributed by atoms with van der Waals surface area (Å²) in [5, 5.41) is 10.0. The van der Waals surface area contributed by atoms with Gasteiger partial charge in [0, 0.05) is 6.20 Å². The number of halogens is 2. The summed E-state index contributed by atoms with van der Waals surface area (Å²) >= 11 is 0. The van der Waals surface area contributed by atoms with Gasteiger partial charge >= 0.3 is 35.1 Å². The Morgan fingerprint density at radius 3 is 2.34 bits per heavy atom. The highest BCUT2D eigenvalue weighted by atomic mass is 31.3. The van der Waals surface area contributed by atoms with Crippen LogP contribution in [-0.4, -0.2) is 58.5 Å². The maximum Gasteiger partial charge on any atom is 0.490 e. The average molecular weight is 531 g/mol. The molecule has 1 aliphatic rings. The zero-order chi connectivity index (χ0) is 24.7. The number of phosphoric ester groups is 1. The molecule has 7 N–H and O–H groups in total. The van der Waals surface area contributed by atoms with Gasteiger partial charge in [-0.3, -0.25) is 9.09 Å². The van der Waals surface area contributed by atoms with Crippen molar-refractivity contribution >= 4 is 29.3 Å². The zero-order valence-corrected chi connectivity index (χ0v) is 18.4. The molecule has 0 saturated carbocycles. The molecule has 21 heteroatoms. The number of aliphatic hydroxyl groups excluding tert-OH is 1. The molecule has 6 atom stereocenters. The topological polar surface area (TPSA) is 250 Å². The summed E-state index contributed by atoms with van der Waals surface area (Å²) in [6.07, 6.45) is -8.78. The lowest BCUT2D eigenvalue weighted by atomic mass is 10.0. The van der Waals surface area contributed by atoms with Crippen LogP contribution in [0.2, 0.25) is 0 Å². The van der Waals surface area contributed by atoms with E-state index in [-0.39, 0.29) is 5.82 Å². The molecule has 1 saturated heterocycles. The van der Waals surface area contributed by atoms with E-state index in [1.165, 1.54) is 6.92 Å². The van der Waals surface area contributed by atoms with Crippen LogP contribution in [0.3, 0.4) is 0 Å². The lowest BCUT2D eigenvalue weighted by Crippen LogP contribution is -2.44. The second-order valence-corrected chi connectivity index (χ2v) is 10.6. The number of nitrogens with zero attached hydrogens (tertiary/aromatic N) is 2. The number of ether oxygens (including phenoxy) is 1. The summed E-state index contributed by atoms with van der Waals surface area (Å²) in [6.45, 7) is 1.22. The van der Waals surface area contributed by atoms with Gasteiger partial charge in [-0.2, -0.15) is 22.4 Å². The number of phosphoric acid groups is 3. The fraction of sp³-hybridized carbons (Fsp3) is 0.636. The van der Waals surface area contributed by atoms with Gasteiger partial charge in [0.1, 0.15) is 11.9 Å². The zero-order valence-electron chi connectivity index (χ0n) is 15.7. The first-order valence-corrected chi connectivity index (χ1v) is 12.8. The van der Waals surface area contributed by atoms with Gasteiger partial charge in [0.2, 0.25) is 6.23 Å². The molecular formula is C11H18F2N3O13P3. The van der Waals surface area contributed by atoms with Crippen molar-refractivity contribution in [1.82, 2.24) is 9.55 Å². The lowest BCUT2D eigenvalue weighted by molar-refractivity contribution is -0.141. The first-order chi connectivity index (χ1) is 14.4. The Balaban J connectivity index is 2.27. The Morgan fingerprint density at radius 1 is 1.25 bits per heavy atom. The highest BCUT2D eigenvalue weighted by Gasteiger charge is 2.62. The molecule has 0 bridgehead atoms. The van der Waals surface area contributed by atoms with Gasteiger partial charge in [-0.15, -0.1) is 0 Å². The monoisotopic (exact) mass is 531 g/mol. The van der Waals surface area contributed by atoms with Gasteiger partial charge < -0.3 is 35.2 Å². The van der Waals surface area contributed by atoms with Crippen molar-refractivity contribution in [3.8, 4) is 0 Å². The van der Waals surface area contributed by atoms with Gasteiger partial charge in [-0.05, 0) is 12.5 Å². The predicted octanol–water partition coefficient (Wildman–Crippen LogP) is -0.159. The molecule has 1 aromatic heterocycles. The van der Waals surface area contributed by atoms with Crippen molar-refractivity contribution < 1.29 is 65.0 Å². The third-order valence-electron chi connectivity index (χ3n) is 3.88. The van der Waals surface area contributed by atoms with E-state index < -0.39 is 66.0 Å². The summed E-state index contributed by atoms with van der Waals surface area (Å²) in [5.74, 6) is -4.44. The fourth-order valence-corrected chi connectivity index (χ4v) is 5.93. The summed E-state index contributed by atoms with van der Waals surface area (Å²) < 4.78 is 80.1. The highest BCUT2D eigenvalue weighted by molar-refractivity contribution is 7.66. The van der Waals surface area contributed by atoms with E-state index in [0.29, 0.717) is 4.57 Å². The van der Waals surface area contributed by atoms with Crippen LogP contribution in [-0.2, 0) is 31.6 Å². The van der Waals surface area contributed by atoms with E-state index in [1.54, 1.807) is 0 Å².